The molecule has 0 bridgehead atoms. The quantitative estimate of drug-likeness (QED) is 0.865. The molecule has 0 radical (unpaired) electrons. The fraction of sp³-hybridized carbons (Fsp3) is 0. The number of anilines is 1. The van der Waals surface area contributed by atoms with Crippen LogP contribution >= 0.6 is 23.2 Å². The molecule has 0 saturated heterocycles. The van der Waals surface area contributed by atoms with Gasteiger partial charge in [-0.3, -0.25) is 4.79 Å². The second-order valence-electron chi connectivity index (χ2n) is 3.42. The molecule has 0 heterocycles. The van der Waals surface area contributed by atoms with Gasteiger partial charge in [0.2, 0.25) is 0 Å². The standard InChI is InChI=1S/C13H9Cl2NO/c14-11-8-4-7-10(12(11)15)13(17)16-9-5-2-1-3-6-9/h1-8H,(H,16,17). The van der Waals surface area contributed by atoms with Gasteiger partial charge in [0.1, 0.15) is 0 Å². The summed E-state index contributed by atoms with van der Waals surface area (Å²) in [5.41, 5.74) is 1.08. The summed E-state index contributed by atoms with van der Waals surface area (Å²) in [6.45, 7) is 0. The van der Waals surface area contributed by atoms with Crippen molar-refractivity contribution in [2.75, 3.05) is 5.32 Å². The number of rotatable bonds is 2. The number of carbonyl (C=O) groups excluding carboxylic acids is 1. The third-order valence-corrected chi connectivity index (χ3v) is 3.05. The molecule has 17 heavy (non-hydrogen) atoms. The number of carbonyl (C=O) groups is 1. The topological polar surface area (TPSA) is 29.1 Å². The lowest BCUT2D eigenvalue weighted by molar-refractivity contribution is 0.102. The SMILES string of the molecule is O=C(Nc1ccccc1)c1cccc(Cl)c1Cl. The van der Waals surface area contributed by atoms with Gasteiger partial charge in [0.05, 0.1) is 15.6 Å². The predicted octanol–water partition coefficient (Wildman–Crippen LogP) is 4.25. The van der Waals surface area contributed by atoms with E-state index in [0.29, 0.717) is 16.3 Å². The van der Waals surface area contributed by atoms with Gasteiger partial charge in [-0.1, -0.05) is 47.5 Å². The number of nitrogens with one attached hydrogen (secondary N) is 1. The first-order valence-corrected chi connectivity index (χ1v) is 5.74. The van der Waals surface area contributed by atoms with Crippen molar-refractivity contribution >= 4 is 34.8 Å². The van der Waals surface area contributed by atoms with Crippen LogP contribution in [0.25, 0.3) is 0 Å². The Bertz CT molecular complexity index is 540. The highest BCUT2D eigenvalue weighted by Crippen LogP contribution is 2.26. The van der Waals surface area contributed by atoms with E-state index in [1.165, 1.54) is 0 Å². The Kier molecular flexibility index (Phi) is 3.67. The Balaban J connectivity index is 2.24. The molecule has 0 aliphatic rings. The maximum absolute atomic E-state index is 11.9. The molecule has 0 aliphatic heterocycles. The zero-order chi connectivity index (χ0) is 12.3. The van der Waals surface area contributed by atoms with E-state index in [2.05, 4.69) is 5.32 Å². The van der Waals surface area contributed by atoms with Crippen molar-refractivity contribution in [2.45, 2.75) is 0 Å². The van der Waals surface area contributed by atoms with Crippen LogP contribution in [0.3, 0.4) is 0 Å². The molecular formula is C13H9Cl2NO. The highest BCUT2D eigenvalue weighted by molar-refractivity contribution is 6.44. The second-order valence-corrected chi connectivity index (χ2v) is 4.21. The summed E-state index contributed by atoms with van der Waals surface area (Å²) in [6, 6.07) is 14.1. The average Bonchev–Trinajstić information content (AvgIpc) is 2.34. The summed E-state index contributed by atoms with van der Waals surface area (Å²) in [7, 11) is 0. The van der Waals surface area contributed by atoms with Crippen molar-refractivity contribution in [1.29, 1.82) is 0 Å². The zero-order valence-corrected chi connectivity index (χ0v) is 10.3. The number of amides is 1. The normalized spacial score (nSPS) is 10.0. The molecule has 0 saturated carbocycles. The third kappa shape index (κ3) is 2.78. The van der Waals surface area contributed by atoms with Gasteiger partial charge in [0.25, 0.3) is 5.91 Å². The molecule has 2 rings (SSSR count). The number of para-hydroxylation sites is 1. The number of halogens is 2. The van der Waals surface area contributed by atoms with E-state index in [-0.39, 0.29) is 10.9 Å². The first-order valence-electron chi connectivity index (χ1n) is 4.99. The van der Waals surface area contributed by atoms with E-state index in [1.54, 1.807) is 30.3 Å². The van der Waals surface area contributed by atoms with Crippen LogP contribution in [0.4, 0.5) is 5.69 Å². The minimum absolute atomic E-state index is 0.266. The Morgan fingerprint density at radius 3 is 2.35 bits per heavy atom. The lowest BCUT2D eigenvalue weighted by Crippen LogP contribution is -2.12. The van der Waals surface area contributed by atoms with Crippen molar-refractivity contribution < 1.29 is 4.79 Å². The van der Waals surface area contributed by atoms with E-state index in [0.717, 1.165) is 0 Å². The Morgan fingerprint density at radius 2 is 1.65 bits per heavy atom. The Morgan fingerprint density at radius 1 is 0.941 bits per heavy atom. The first kappa shape index (κ1) is 12.0. The number of hydrogen-bond acceptors (Lipinski definition) is 1. The van der Waals surface area contributed by atoms with Crippen LogP contribution in [0, 0.1) is 0 Å². The molecule has 0 aromatic heterocycles. The van der Waals surface area contributed by atoms with E-state index >= 15 is 0 Å². The fourth-order valence-electron chi connectivity index (χ4n) is 1.40. The smallest absolute Gasteiger partial charge is 0.257 e. The van der Waals surface area contributed by atoms with E-state index in [4.69, 9.17) is 23.2 Å². The molecule has 0 fully saturated rings. The predicted molar refractivity (Wildman–Crippen MR) is 70.9 cm³/mol. The minimum Gasteiger partial charge on any atom is -0.322 e. The summed E-state index contributed by atoms with van der Waals surface area (Å²) in [5.74, 6) is -0.274. The number of hydrogen-bond donors (Lipinski definition) is 1. The largest absolute Gasteiger partial charge is 0.322 e. The van der Waals surface area contributed by atoms with Gasteiger partial charge in [-0.05, 0) is 24.3 Å². The second kappa shape index (κ2) is 5.21. The molecular weight excluding hydrogens is 257 g/mol. The maximum atomic E-state index is 11.9. The van der Waals surface area contributed by atoms with E-state index in [1.807, 2.05) is 18.2 Å². The van der Waals surface area contributed by atoms with Gasteiger partial charge in [0, 0.05) is 5.69 Å². The van der Waals surface area contributed by atoms with Crippen molar-refractivity contribution in [3.05, 3.63) is 64.1 Å². The van der Waals surface area contributed by atoms with Crippen LogP contribution in [0.15, 0.2) is 48.5 Å². The molecule has 2 aromatic carbocycles. The molecule has 0 atom stereocenters. The van der Waals surface area contributed by atoms with Crippen molar-refractivity contribution in [2.24, 2.45) is 0 Å². The van der Waals surface area contributed by atoms with Gasteiger partial charge < -0.3 is 5.32 Å². The van der Waals surface area contributed by atoms with E-state index < -0.39 is 0 Å². The Labute approximate surface area is 109 Å². The summed E-state index contributed by atoms with van der Waals surface area (Å²) < 4.78 is 0. The minimum atomic E-state index is -0.274. The monoisotopic (exact) mass is 265 g/mol. The molecule has 1 amide bonds. The molecule has 4 heteroatoms. The van der Waals surface area contributed by atoms with Crippen LogP contribution in [0.5, 0.6) is 0 Å². The van der Waals surface area contributed by atoms with Gasteiger partial charge in [-0.25, -0.2) is 0 Å². The lowest BCUT2D eigenvalue weighted by Gasteiger charge is -2.07. The molecule has 2 aromatic rings. The number of benzene rings is 2. The zero-order valence-electron chi connectivity index (χ0n) is 8.78. The average molecular weight is 266 g/mol. The molecule has 2 nitrogen and oxygen atoms in total. The van der Waals surface area contributed by atoms with Crippen molar-refractivity contribution in [1.82, 2.24) is 0 Å². The highest BCUT2D eigenvalue weighted by atomic mass is 35.5. The Hall–Kier alpha value is -1.51. The molecule has 1 N–H and O–H groups in total. The van der Waals surface area contributed by atoms with Crippen molar-refractivity contribution in [3.63, 3.8) is 0 Å². The van der Waals surface area contributed by atoms with Gasteiger partial charge in [0.15, 0.2) is 0 Å². The molecule has 0 unspecified atom stereocenters. The van der Waals surface area contributed by atoms with Crippen LogP contribution in [0.2, 0.25) is 10.0 Å². The summed E-state index contributed by atoms with van der Waals surface area (Å²) in [6.07, 6.45) is 0. The van der Waals surface area contributed by atoms with Crippen molar-refractivity contribution in [3.8, 4) is 0 Å². The lowest BCUT2D eigenvalue weighted by atomic mass is 10.2. The van der Waals surface area contributed by atoms with Crippen LogP contribution in [0.1, 0.15) is 10.4 Å². The highest BCUT2D eigenvalue weighted by Gasteiger charge is 2.12. The van der Waals surface area contributed by atoms with E-state index in [9.17, 15) is 4.79 Å². The fourth-order valence-corrected chi connectivity index (χ4v) is 1.79. The summed E-state index contributed by atoms with van der Waals surface area (Å²) >= 11 is 11.8. The maximum Gasteiger partial charge on any atom is 0.257 e. The third-order valence-electron chi connectivity index (χ3n) is 2.23. The van der Waals surface area contributed by atoms with Crippen LogP contribution < -0.4 is 5.32 Å². The summed E-state index contributed by atoms with van der Waals surface area (Å²) in [5, 5.41) is 3.38. The van der Waals surface area contributed by atoms with Gasteiger partial charge in [-0.2, -0.15) is 0 Å². The first-order chi connectivity index (χ1) is 8.18. The van der Waals surface area contributed by atoms with Gasteiger partial charge >= 0.3 is 0 Å². The molecule has 86 valence electrons. The van der Waals surface area contributed by atoms with Gasteiger partial charge in [-0.15, -0.1) is 0 Å². The molecule has 0 aliphatic carbocycles. The summed E-state index contributed by atoms with van der Waals surface area (Å²) in [4.78, 5) is 11.9. The molecule has 0 spiro atoms. The van der Waals surface area contributed by atoms with Crippen LogP contribution in [-0.4, -0.2) is 5.91 Å². The van der Waals surface area contributed by atoms with Crippen LogP contribution in [-0.2, 0) is 0 Å².